The zero-order valence-corrected chi connectivity index (χ0v) is 20.1. The molecule has 0 radical (unpaired) electrons. The minimum Gasteiger partial charge on any atom is -0.478 e. The first-order valence-electron chi connectivity index (χ1n) is 11.8. The standard InChI is InChI=1S/C30H29NO4/c1-3-5-7-22-8-13-24(14-9-22)28-19-23(12-17-27(28)29(32)33)18-25(20-31)30(34)35-26-15-10-21(6-4-2)11-16-26/h8-19H,3-7H2,1-2H3,(H,32,33). The Morgan fingerprint density at radius 2 is 1.57 bits per heavy atom. The number of aryl methyl sites for hydroxylation is 2. The highest BCUT2D eigenvalue weighted by molar-refractivity contribution is 6.00. The van der Waals surface area contributed by atoms with E-state index in [1.807, 2.05) is 42.5 Å². The van der Waals surface area contributed by atoms with Crippen LogP contribution in [0.5, 0.6) is 5.75 Å². The minimum atomic E-state index is -1.04. The van der Waals surface area contributed by atoms with Crippen molar-refractivity contribution in [3.8, 4) is 22.9 Å². The summed E-state index contributed by atoms with van der Waals surface area (Å²) in [6, 6.07) is 21.7. The van der Waals surface area contributed by atoms with E-state index in [0.29, 0.717) is 16.9 Å². The van der Waals surface area contributed by atoms with Gasteiger partial charge in [0, 0.05) is 0 Å². The number of carboxylic acids is 1. The first kappa shape index (κ1) is 25.5. The smallest absolute Gasteiger partial charge is 0.354 e. The minimum absolute atomic E-state index is 0.150. The molecule has 0 aliphatic rings. The second kappa shape index (κ2) is 12.3. The van der Waals surface area contributed by atoms with Gasteiger partial charge in [-0.25, -0.2) is 9.59 Å². The van der Waals surface area contributed by atoms with E-state index in [4.69, 9.17) is 4.74 Å². The SMILES string of the molecule is CCCCc1ccc(-c2cc(C=C(C#N)C(=O)Oc3ccc(CCC)cc3)ccc2C(=O)O)cc1. The second-order valence-electron chi connectivity index (χ2n) is 8.36. The number of esters is 1. The molecule has 0 spiro atoms. The van der Waals surface area contributed by atoms with E-state index >= 15 is 0 Å². The Kier molecular flexibility index (Phi) is 8.97. The van der Waals surface area contributed by atoms with Crippen LogP contribution in [-0.4, -0.2) is 17.0 Å². The third kappa shape index (κ3) is 6.91. The number of hydrogen-bond acceptors (Lipinski definition) is 4. The molecule has 3 rings (SSSR count). The summed E-state index contributed by atoms with van der Waals surface area (Å²) < 4.78 is 5.37. The van der Waals surface area contributed by atoms with Crippen LogP contribution in [0, 0.1) is 11.3 Å². The van der Waals surface area contributed by atoms with Gasteiger partial charge in [-0.3, -0.25) is 0 Å². The highest BCUT2D eigenvalue weighted by atomic mass is 16.5. The van der Waals surface area contributed by atoms with Crippen LogP contribution in [0.3, 0.4) is 0 Å². The summed E-state index contributed by atoms with van der Waals surface area (Å²) in [7, 11) is 0. The topological polar surface area (TPSA) is 87.4 Å². The van der Waals surface area contributed by atoms with Crippen LogP contribution in [0.2, 0.25) is 0 Å². The third-order valence-electron chi connectivity index (χ3n) is 5.68. The lowest BCUT2D eigenvalue weighted by Crippen LogP contribution is -2.10. The van der Waals surface area contributed by atoms with Gasteiger partial charge in [0.15, 0.2) is 0 Å². The molecule has 3 aromatic carbocycles. The van der Waals surface area contributed by atoms with E-state index in [1.54, 1.807) is 24.3 Å². The fraction of sp³-hybridized carbons (Fsp3) is 0.233. The molecule has 0 saturated carbocycles. The van der Waals surface area contributed by atoms with E-state index in [0.717, 1.165) is 43.2 Å². The van der Waals surface area contributed by atoms with Gasteiger partial charge in [-0.15, -0.1) is 0 Å². The Hall–Kier alpha value is -4.17. The van der Waals surface area contributed by atoms with Crippen LogP contribution in [0.4, 0.5) is 0 Å². The van der Waals surface area contributed by atoms with Gasteiger partial charge in [-0.05, 0) is 77.4 Å². The molecule has 0 saturated heterocycles. The predicted octanol–water partition coefficient (Wildman–Crippen LogP) is 6.86. The number of hydrogen-bond donors (Lipinski definition) is 1. The normalized spacial score (nSPS) is 11.1. The third-order valence-corrected chi connectivity index (χ3v) is 5.68. The van der Waals surface area contributed by atoms with Gasteiger partial charge in [-0.2, -0.15) is 5.26 Å². The molecule has 5 nitrogen and oxygen atoms in total. The van der Waals surface area contributed by atoms with Crippen LogP contribution >= 0.6 is 0 Å². The van der Waals surface area contributed by atoms with E-state index < -0.39 is 11.9 Å². The van der Waals surface area contributed by atoms with Crippen molar-refractivity contribution in [3.05, 3.63) is 94.6 Å². The molecule has 178 valence electrons. The number of carboxylic acid groups (broad SMARTS) is 1. The quantitative estimate of drug-likeness (QED) is 0.152. The highest BCUT2D eigenvalue weighted by Gasteiger charge is 2.15. The van der Waals surface area contributed by atoms with Gasteiger partial charge < -0.3 is 9.84 Å². The summed E-state index contributed by atoms with van der Waals surface area (Å²) in [6.07, 6.45) is 6.54. The average Bonchev–Trinajstić information content (AvgIpc) is 2.87. The lowest BCUT2D eigenvalue weighted by atomic mass is 9.95. The van der Waals surface area contributed by atoms with Gasteiger partial charge in [0.05, 0.1) is 5.56 Å². The first-order valence-corrected chi connectivity index (χ1v) is 11.8. The molecule has 0 bridgehead atoms. The molecule has 0 aliphatic carbocycles. The van der Waals surface area contributed by atoms with Crippen LogP contribution < -0.4 is 4.74 Å². The maximum atomic E-state index is 12.6. The highest BCUT2D eigenvalue weighted by Crippen LogP contribution is 2.27. The van der Waals surface area contributed by atoms with Crippen molar-refractivity contribution < 1.29 is 19.4 Å². The van der Waals surface area contributed by atoms with Crippen molar-refractivity contribution in [3.63, 3.8) is 0 Å². The average molecular weight is 468 g/mol. The van der Waals surface area contributed by atoms with Crippen molar-refractivity contribution in [1.29, 1.82) is 5.26 Å². The molecular weight excluding hydrogens is 438 g/mol. The van der Waals surface area contributed by atoms with Gasteiger partial charge in [0.2, 0.25) is 0 Å². The lowest BCUT2D eigenvalue weighted by molar-refractivity contribution is -0.129. The van der Waals surface area contributed by atoms with E-state index in [9.17, 15) is 20.0 Å². The van der Waals surface area contributed by atoms with Crippen LogP contribution in [0.1, 0.15) is 60.2 Å². The summed E-state index contributed by atoms with van der Waals surface area (Å²) in [6.45, 7) is 4.23. The van der Waals surface area contributed by atoms with Gasteiger partial charge in [0.1, 0.15) is 17.4 Å². The Morgan fingerprint density at radius 1 is 0.914 bits per heavy atom. The van der Waals surface area contributed by atoms with Gasteiger partial charge >= 0.3 is 11.9 Å². The molecule has 5 heteroatoms. The molecule has 1 N–H and O–H groups in total. The van der Waals surface area contributed by atoms with Crippen molar-refractivity contribution in [2.75, 3.05) is 0 Å². The summed E-state index contributed by atoms with van der Waals surface area (Å²) in [5, 5.41) is 19.2. The van der Waals surface area contributed by atoms with Crippen LogP contribution in [0.15, 0.2) is 72.3 Å². The van der Waals surface area contributed by atoms with E-state index in [2.05, 4.69) is 13.8 Å². The van der Waals surface area contributed by atoms with Crippen molar-refractivity contribution in [2.45, 2.75) is 46.0 Å². The number of unbranched alkanes of at least 4 members (excludes halogenated alkanes) is 1. The lowest BCUT2D eigenvalue weighted by Gasteiger charge is -2.10. The van der Waals surface area contributed by atoms with Crippen molar-refractivity contribution in [1.82, 2.24) is 0 Å². The van der Waals surface area contributed by atoms with Crippen molar-refractivity contribution >= 4 is 18.0 Å². The number of benzene rings is 3. The zero-order chi connectivity index (χ0) is 25.2. The monoisotopic (exact) mass is 467 g/mol. The summed E-state index contributed by atoms with van der Waals surface area (Å²) in [5.41, 5.74) is 4.13. The largest absolute Gasteiger partial charge is 0.478 e. The molecule has 0 aliphatic heterocycles. The molecule has 0 aromatic heterocycles. The molecule has 35 heavy (non-hydrogen) atoms. The molecule has 0 unspecified atom stereocenters. The molecule has 0 atom stereocenters. The number of nitrogens with zero attached hydrogens (tertiary/aromatic N) is 1. The Labute approximate surface area is 206 Å². The maximum absolute atomic E-state index is 12.6. The predicted molar refractivity (Wildman–Crippen MR) is 137 cm³/mol. The Morgan fingerprint density at radius 3 is 2.17 bits per heavy atom. The zero-order valence-electron chi connectivity index (χ0n) is 20.1. The summed E-state index contributed by atoms with van der Waals surface area (Å²) >= 11 is 0. The van der Waals surface area contributed by atoms with E-state index in [-0.39, 0.29) is 11.1 Å². The molecule has 0 amide bonds. The fourth-order valence-corrected chi connectivity index (χ4v) is 3.79. The Balaban J connectivity index is 1.87. The summed E-state index contributed by atoms with van der Waals surface area (Å²) in [4.78, 5) is 24.4. The molecular formula is C30H29NO4. The van der Waals surface area contributed by atoms with E-state index in [1.165, 1.54) is 17.7 Å². The summed E-state index contributed by atoms with van der Waals surface area (Å²) in [5.74, 6) is -1.45. The molecule has 0 fully saturated rings. The van der Waals surface area contributed by atoms with Crippen LogP contribution in [-0.2, 0) is 17.6 Å². The van der Waals surface area contributed by atoms with Gasteiger partial charge in [-0.1, -0.05) is 69.2 Å². The fourth-order valence-electron chi connectivity index (χ4n) is 3.79. The number of nitriles is 1. The number of aromatic carboxylic acids is 1. The second-order valence-corrected chi connectivity index (χ2v) is 8.36. The molecule has 0 heterocycles. The number of carbonyl (C=O) groups excluding carboxylic acids is 1. The first-order chi connectivity index (χ1) is 16.9. The maximum Gasteiger partial charge on any atom is 0.354 e. The van der Waals surface area contributed by atoms with Crippen molar-refractivity contribution in [2.24, 2.45) is 0 Å². The van der Waals surface area contributed by atoms with Crippen LogP contribution in [0.25, 0.3) is 17.2 Å². The number of ether oxygens (including phenoxy) is 1. The number of rotatable bonds is 10. The number of carbonyl (C=O) groups is 2. The Bertz CT molecular complexity index is 1250. The molecule has 3 aromatic rings. The van der Waals surface area contributed by atoms with Gasteiger partial charge in [0.25, 0.3) is 0 Å².